The first-order valence-electron chi connectivity index (χ1n) is 8.83. The number of nitrogens with one attached hydrogen (secondary N) is 1. The first-order valence-corrected chi connectivity index (χ1v) is 8.83. The second-order valence-corrected chi connectivity index (χ2v) is 5.93. The number of aliphatic imine (C=N–C) groups is 1. The van der Waals surface area contributed by atoms with E-state index >= 15 is 0 Å². The molecule has 0 spiro atoms. The third kappa shape index (κ3) is 9.27. The Hall–Kier alpha value is -1.06. The number of morpholine rings is 1. The molecule has 7 heteroatoms. The third-order valence-corrected chi connectivity index (χ3v) is 3.86. The van der Waals surface area contributed by atoms with E-state index in [2.05, 4.69) is 22.1 Å². The molecule has 142 valence electrons. The van der Waals surface area contributed by atoms with Crippen LogP contribution in [0.15, 0.2) is 29.3 Å². The van der Waals surface area contributed by atoms with Crippen molar-refractivity contribution in [1.82, 2.24) is 10.2 Å². The Bertz CT molecular complexity index is 508. The predicted octanol–water partition coefficient (Wildman–Crippen LogP) is 2.22. The van der Waals surface area contributed by atoms with Gasteiger partial charge in [-0.25, -0.2) is 4.99 Å². The lowest BCUT2D eigenvalue weighted by molar-refractivity contribution is 0.0376. The topological polar surface area (TPSA) is 72.1 Å². The van der Waals surface area contributed by atoms with Crippen molar-refractivity contribution in [1.29, 1.82) is 0 Å². The second kappa shape index (κ2) is 13.2. The van der Waals surface area contributed by atoms with Crippen molar-refractivity contribution in [3.63, 3.8) is 0 Å². The molecule has 0 amide bonds. The number of rotatable bonds is 9. The molecule has 25 heavy (non-hydrogen) atoms. The van der Waals surface area contributed by atoms with Gasteiger partial charge in [0.05, 0.1) is 26.4 Å². The Morgan fingerprint density at radius 2 is 2.16 bits per heavy atom. The number of halogens is 1. The highest BCUT2D eigenvalue weighted by Crippen LogP contribution is 2.14. The molecule has 1 aliphatic heterocycles. The maximum atomic E-state index is 5.93. The lowest BCUT2D eigenvalue weighted by Gasteiger charge is -2.26. The van der Waals surface area contributed by atoms with Gasteiger partial charge in [-0.1, -0.05) is 19.1 Å². The molecule has 0 aromatic heterocycles. The van der Waals surface area contributed by atoms with Crippen molar-refractivity contribution in [2.75, 3.05) is 46.0 Å². The average Bonchev–Trinajstić information content (AvgIpc) is 2.63. The summed E-state index contributed by atoms with van der Waals surface area (Å²) in [6, 6.07) is 8.01. The van der Waals surface area contributed by atoms with Crippen LogP contribution in [0.1, 0.15) is 25.3 Å². The summed E-state index contributed by atoms with van der Waals surface area (Å²) >= 11 is 0. The van der Waals surface area contributed by atoms with Crippen LogP contribution in [-0.2, 0) is 11.3 Å². The highest BCUT2D eigenvalue weighted by Gasteiger charge is 2.08. The van der Waals surface area contributed by atoms with Gasteiger partial charge in [-0.05, 0) is 37.1 Å². The van der Waals surface area contributed by atoms with Gasteiger partial charge < -0.3 is 20.5 Å². The van der Waals surface area contributed by atoms with Crippen molar-refractivity contribution in [2.24, 2.45) is 10.7 Å². The minimum atomic E-state index is 0. The van der Waals surface area contributed by atoms with Crippen LogP contribution in [-0.4, -0.2) is 56.9 Å². The predicted molar refractivity (Wildman–Crippen MR) is 113 cm³/mol. The van der Waals surface area contributed by atoms with Crippen molar-refractivity contribution in [3.8, 4) is 5.75 Å². The number of benzene rings is 1. The summed E-state index contributed by atoms with van der Waals surface area (Å²) in [7, 11) is 0. The first kappa shape index (κ1) is 22.0. The molecule has 1 heterocycles. The fourth-order valence-corrected chi connectivity index (χ4v) is 2.53. The Morgan fingerprint density at radius 1 is 1.36 bits per heavy atom. The smallest absolute Gasteiger partial charge is 0.188 e. The van der Waals surface area contributed by atoms with Gasteiger partial charge in [0, 0.05) is 19.6 Å². The van der Waals surface area contributed by atoms with E-state index in [-0.39, 0.29) is 24.0 Å². The standard InChI is InChI=1S/C18H30N4O2.HI/c1-2-11-24-17-6-3-5-16(14-17)15-21-18(19)20-7-4-8-22-9-12-23-13-10-22;/h3,5-6,14H,2,4,7-13,15H2,1H3,(H3,19,20,21);1H. The Labute approximate surface area is 168 Å². The van der Waals surface area contributed by atoms with Gasteiger partial charge in [0.15, 0.2) is 5.96 Å². The van der Waals surface area contributed by atoms with Gasteiger partial charge in [0.25, 0.3) is 0 Å². The molecule has 1 aliphatic rings. The second-order valence-electron chi connectivity index (χ2n) is 5.93. The van der Waals surface area contributed by atoms with E-state index < -0.39 is 0 Å². The number of nitrogens with zero attached hydrogens (tertiary/aromatic N) is 2. The van der Waals surface area contributed by atoms with Gasteiger partial charge in [-0.15, -0.1) is 24.0 Å². The Morgan fingerprint density at radius 3 is 2.92 bits per heavy atom. The Balaban J connectivity index is 0.00000312. The van der Waals surface area contributed by atoms with E-state index in [1.165, 1.54) is 0 Å². The molecule has 1 aromatic rings. The average molecular weight is 462 g/mol. The van der Waals surface area contributed by atoms with Crippen LogP contribution in [0.3, 0.4) is 0 Å². The molecule has 0 atom stereocenters. The minimum Gasteiger partial charge on any atom is -0.494 e. The molecule has 0 unspecified atom stereocenters. The minimum absolute atomic E-state index is 0. The first-order chi connectivity index (χ1) is 11.8. The van der Waals surface area contributed by atoms with Gasteiger partial charge in [0.1, 0.15) is 5.75 Å². The summed E-state index contributed by atoms with van der Waals surface area (Å²) in [6.45, 7) is 9.05. The SMILES string of the molecule is CCCOc1cccc(CN=C(N)NCCCN2CCOCC2)c1.I. The number of guanidine groups is 1. The van der Waals surface area contributed by atoms with Crippen LogP contribution in [0.5, 0.6) is 5.75 Å². The molecule has 1 aromatic carbocycles. The van der Waals surface area contributed by atoms with Gasteiger partial charge in [-0.3, -0.25) is 4.90 Å². The van der Waals surface area contributed by atoms with Crippen LogP contribution in [0.4, 0.5) is 0 Å². The van der Waals surface area contributed by atoms with E-state index in [4.69, 9.17) is 15.2 Å². The zero-order valence-electron chi connectivity index (χ0n) is 15.1. The third-order valence-electron chi connectivity index (χ3n) is 3.86. The summed E-state index contributed by atoms with van der Waals surface area (Å²) in [4.78, 5) is 6.81. The van der Waals surface area contributed by atoms with Crippen molar-refractivity contribution >= 4 is 29.9 Å². The van der Waals surface area contributed by atoms with E-state index in [1.54, 1.807) is 0 Å². The lowest BCUT2D eigenvalue weighted by atomic mass is 10.2. The molecule has 1 fully saturated rings. The zero-order valence-corrected chi connectivity index (χ0v) is 17.4. The van der Waals surface area contributed by atoms with Crippen molar-refractivity contribution in [3.05, 3.63) is 29.8 Å². The van der Waals surface area contributed by atoms with E-state index in [0.29, 0.717) is 12.5 Å². The summed E-state index contributed by atoms with van der Waals surface area (Å²) in [5, 5.41) is 3.18. The van der Waals surface area contributed by atoms with Crippen molar-refractivity contribution < 1.29 is 9.47 Å². The highest BCUT2D eigenvalue weighted by atomic mass is 127. The molecule has 0 radical (unpaired) electrons. The zero-order chi connectivity index (χ0) is 17.0. The quantitative estimate of drug-likeness (QED) is 0.255. The van der Waals surface area contributed by atoms with Crippen LogP contribution in [0, 0.1) is 0 Å². The molecule has 0 saturated carbocycles. The fraction of sp³-hybridized carbons (Fsp3) is 0.611. The van der Waals surface area contributed by atoms with Gasteiger partial charge in [-0.2, -0.15) is 0 Å². The summed E-state index contributed by atoms with van der Waals surface area (Å²) in [5.74, 6) is 1.39. The van der Waals surface area contributed by atoms with E-state index in [1.807, 2.05) is 24.3 Å². The number of hydrogen-bond donors (Lipinski definition) is 2. The molecule has 3 N–H and O–H groups in total. The molecule has 2 rings (SSSR count). The number of ether oxygens (including phenoxy) is 2. The largest absolute Gasteiger partial charge is 0.494 e. The normalized spacial score (nSPS) is 15.5. The van der Waals surface area contributed by atoms with Gasteiger partial charge in [0.2, 0.25) is 0 Å². The summed E-state index contributed by atoms with van der Waals surface area (Å²) in [5.41, 5.74) is 7.03. The van der Waals surface area contributed by atoms with E-state index in [9.17, 15) is 0 Å². The lowest BCUT2D eigenvalue weighted by Crippen LogP contribution is -2.39. The highest BCUT2D eigenvalue weighted by molar-refractivity contribution is 14.0. The molecule has 6 nitrogen and oxygen atoms in total. The molecule has 0 aliphatic carbocycles. The number of hydrogen-bond acceptors (Lipinski definition) is 4. The molecule has 0 bridgehead atoms. The van der Waals surface area contributed by atoms with Crippen molar-refractivity contribution in [2.45, 2.75) is 26.3 Å². The molecule has 1 saturated heterocycles. The maximum absolute atomic E-state index is 5.93. The van der Waals surface area contributed by atoms with Crippen LogP contribution in [0.25, 0.3) is 0 Å². The van der Waals surface area contributed by atoms with Crippen LogP contribution < -0.4 is 15.8 Å². The maximum Gasteiger partial charge on any atom is 0.188 e. The van der Waals surface area contributed by atoms with Gasteiger partial charge >= 0.3 is 0 Å². The molecular formula is C18H31IN4O2. The molecular weight excluding hydrogens is 431 g/mol. The van der Waals surface area contributed by atoms with E-state index in [0.717, 1.165) is 70.2 Å². The summed E-state index contributed by atoms with van der Waals surface area (Å²) < 4.78 is 11.0. The Kier molecular flexibility index (Phi) is 11.6. The summed E-state index contributed by atoms with van der Waals surface area (Å²) in [6.07, 6.45) is 2.06. The monoisotopic (exact) mass is 462 g/mol. The fourth-order valence-electron chi connectivity index (χ4n) is 2.53. The van der Waals surface area contributed by atoms with Crippen LogP contribution >= 0.6 is 24.0 Å². The van der Waals surface area contributed by atoms with Crippen LogP contribution in [0.2, 0.25) is 0 Å². The number of nitrogens with two attached hydrogens (primary N) is 1.